The smallest absolute Gasteiger partial charge is 0.303 e. The van der Waals surface area contributed by atoms with Gasteiger partial charge in [-0.1, -0.05) is 0 Å². The van der Waals surface area contributed by atoms with Crippen molar-refractivity contribution in [3.05, 3.63) is 0 Å². The summed E-state index contributed by atoms with van der Waals surface area (Å²) in [5.74, 6) is -1.15. The van der Waals surface area contributed by atoms with Crippen LogP contribution in [0.1, 0.15) is 13.8 Å². The molecule has 104 valence electrons. The van der Waals surface area contributed by atoms with Crippen molar-refractivity contribution in [3.8, 4) is 0 Å². The zero-order chi connectivity index (χ0) is 13.9. The van der Waals surface area contributed by atoms with E-state index >= 15 is 0 Å². The van der Waals surface area contributed by atoms with Gasteiger partial charge in [0.15, 0.2) is 12.3 Å². The summed E-state index contributed by atoms with van der Waals surface area (Å²) in [5, 5.41) is 30.7. The SMILES string of the molecule is CC(=O)N[C@@H]1O[C@H](CO)[C@@H](O)[C@H](O)[C@H]1OC(C)=O. The van der Waals surface area contributed by atoms with Crippen molar-refractivity contribution in [1.29, 1.82) is 0 Å². The van der Waals surface area contributed by atoms with Crippen LogP contribution in [0.5, 0.6) is 0 Å². The molecule has 1 aliphatic rings. The van der Waals surface area contributed by atoms with Crippen LogP contribution < -0.4 is 5.32 Å². The van der Waals surface area contributed by atoms with Gasteiger partial charge < -0.3 is 30.1 Å². The fourth-order valence-electron chi connectivity index (χ4n) is 1.73. The highest BCUT2D eigenvalue weighted by atomic mass is 16.6. The maximum absolute atomic E-state index is 11.0. The van der Waals surface area contributed by atoms with E-state index in [2.05, 4.69) is 5.32 Å². The standard InChI is InChI=1S/C10H17NO7/c1-4(13)11-10-9(17-5(2)14)8(16)7(15)6(3-12)18-10/h6-10,12,15-16H,3H2,1-2H3,(H,11,13)/t6-,7-,8+,9-,10-/m1/s1. The third kappa shape index (κ3) is 3.39. The Morgan fingerprint density at radius 2 is 1.89 bits per heavy atom. The van der Waals surface area contributed by atoms with Gasteiger partial charge in [0.1, 0.15) is 18.3 Å². The molecule has 1 heterocycles. The average Bonchev–Trinajstić information content (AvgIpc) is 2.27. The van der Waals surface area contributed by atoms with Gasteiger partial charge in [0.25, 0.3) is 0 Å². The molecule has 1 amide bonds. The third-order valence-corrected chi connectivity index (χ3v) is 2.51. The minimum Gasteiger partial charge on any atom is -0.455 e. The number of aliphatic hydroxyl groups excluding tert-OH is 3. The largest absolute Gasteiger partial charge is 0.455 e. The Morgan fingerprint density at radius 3 is 2.33 bits per heavy atom. The number of amides is 1. The van der Waals surface area contributed by atoms with E-state index in [1.54, 1.807) is 0 Å². The second kappa shape index (κ2) is 6.10. The monoisotopic (exact) mass is 263 g/mol. The van der Waals surface area contributed by atoms with Crippen LogP contribution in [0.2, 0.25) is 0 Å². The first-order valence-corrected chi connectivity index (χ1v) is 5.43. The summed E-state index contributed by atoms with van der Waals surface area (Å²) in [4.78, 5) is 21.9. The lowest BCUT2D eigenvalue weighted by Crippen LogP contribution is -2.64. The van der Waals surface area contributed by atoms with Crippen LogP contribution in [0.4, 0.5) is 0 Å². The predicted octanol–water partition coefficient (Wildman–Crippen LogP) is -2.51. The van der Waals surface area contributed by atoms with Crippen LogP contribution in [-0.2, 0) is 19.1 Å². The molecule has 8 nitrogen and oxygen atoms in total. The van der Waals surface area contributed by atoms with Gasteiger partial charge in [0.2, 0.25) is 5.91 Å². The first kappa shape index (κ1) is 14.8. The van der Waals surface area contributed by atoms with E-state index in [9.17, 15) is 19.8 Å². The highest BCUT2D eigenvalue weighted by Gasteiger charge is 2.46. The number of rotatable bonds is 3. The van der Waals surface area contributed by atoms with Crippen molar-refractivity contribution in [2.24, 2.45) is 0 Å². The van der Waals surface area contributed by atoms with E-state index in [-0.39, 0.29) is 0 Å². The Bertz CT molecular complexity index is 321. The van der Waals surface area contributed by atoms with Crippen molar-refractivity contribution in [3.63, 3.8) is 0 Å². The molecule has 0 saturated carbocycles. The Hall–Kier alpha value is -1.22. The maximum Gasteiger partial charge on any atom is 0.303 e. The Labute approximate surface area is 104 Å². The van der Waals surface area contributed by atoms with Gasteiger partial charge in [0.05, 0.1) is 6.61 Å². The maximum atomic E-state index is 11.0. The minimum absolute atomic E-state index is 0.461. The summed E-state index contributed by atoms with van der Waals surface area (Å²) in [6.07, 6.45) is -6.30. The topological polar surface area (TPSA) is 125 Å². The van der Waals surface area contributed by atoms with Gasteiger partial charge in [0, 0.05) is 13.8 Å². The molecule has 1 rings (SSSR count). The molecule has 0 unspecified atom stereocenters. The summed E-state index contributed by atoms with van der Waals surface area (Å²) >= 11 is 0. The van der Waals surface area contributed by atoms with Gasteiger partial charge in [-0.15, -0.1) is 0 Å². The Kier molecular flexibility index (Phi) is 5.03. The fraction of sp³-hybridized carbons (Fsp3) is 0.800. The quantitative estimate of drug-likeness (QED) is 0.414. The molecule has 5 atom stereocenters. The van der Waals surface area contributed by atoms with Crippen LogP contribution in [0, 0.1) is 0 Å². The number of nitrogens with one attached hydrogen (secondary N) is 1. The number of ether oxygens (including phenoxy) is 2. The number of carbonyl (C=O) groups excluding carboxylic acids is 2. The Balaban J connectivity index is 2.86. The normalized spacial score (nSPS) is 35.9. The van der Waals surface area contributed by atoms with Gasteiger partial charge in [-0.2, -0.15) is 0 Å². The lowest BCUT2D eigenvalue weighted by molar-refractivity contribution is -0.243. The summed E-state index contributed by atoms with van der Waals surface area (Å²) in [6, 6.07) is 0. The van der Waals surface area contributed by atoms with E-state index in [1.807, 2.05) is 0 Å². The number of hydrogen-bond donors (Lipinski definition) is 4. The molecule has 18 heavy (non-hydrogen) atoms. The number of esters is 1. The first-order valence-electron chi connectivity index (χ1n) is 5.43. The van der Waals surface area contributed by atoms with Gasteiger partial charge in [-0.25, -0.2) is 0 Å². The lowest BCUT2D eigenvalue weighted by Gasteiger charge is -2.41. The van der Waals surface area contributed by atoms with Crippen molar-refractivity contribution >= 4 is 11.9 Å². The van der Waals surface area contributed by atoms with E-state index in [0.717, 1.165) is 6.92 Å². The van der Waals surface area contributed by atoms with Crippen LogP contribution in [0.15, 0.2) is 0 Å². The molecular weight excluding hydrogens is 246 g/mol. The average molecular weight is 263 g/mol. The molecule has 0 bridgehead atoms. The highest BCUT2D eigenvalue weighted by molar-refractivity contribution is 5.73. The third-order valence-electron chi connectivity index (χ3n) is 2.51. The molecule has 1 fully saturated rings. The molecule has 0 spiro atoms. The Morgan fingerprint density at radius 1 is 1.28 bits per heavy atom. The second-order valence-corrected chi connectivity index (χ2v) is 4.03. The molecule has 0 aromatic heterocycles. The van der Waals surface area contributed by atoms with Crippen molar-refractivity contribution in [1.82, 2.24) is 5.32 Å². The molecular formula is C10H17NO7. The molecule has 1 saturated heterocycles. The van der Waals surface area contributed by atoms with Gasteiger partial charge >= 0.3 is 5.97 Å². The van der Waals surface area contributed by atoms with Crippen LogP contribution in [0.25, 0.3) is 0 Å². The van der Waals surface area contributed by atoms with Crippen LogP contribution in [-0.4, -0.2) is 64.4 Å². The van der Waals surface area contributed by atoms with Crippen LogP contribution >= 0.6 is 0 Å². The summed E-state index contributed by atoms with van der Waals surface area (Å²) in [6.45, 7) is 1.81. The molecule has 0 radical (unpaired) electrons. The summed E-state index contributed by atoms with van der Waals surface area (Å²) in [5.41, 5.74) is 0. The second-order valence-electron chi connectivity index (χ2n) is 4.03. The van der Waals surface area contributed by atoms with Crippen molar-refractivity contribution in [2.75, 3.05) is 6.61 Å². The molecule has 8 heteroatoms. The fourth-order valence-corrected chi connectivity index (χ4v) is 1.73. The molecule has 0 aliphatic carbocycles. The summed E-state index contributed by atoms with van der Waals surface area (Å²) in [7, 11) is 0. The number of carbonyl (C=O) groups is 2. The van der Waals surface area contributed by atoms with Crippen LogP contribution in [0.3, 0.4) is 0 Å². The number of hydrogen-bond acceptors (Lipinski definition) is 7. The lowest BCUT2D eigenvalue weighted by atomic mass is 9.98. The van der Waals surface area contributed by atoms with Crippen molar-refractivity contribution < 1.29 is 34.4 Å². The van der Waals surface area contributed by atoms with Crippen molar-refractivity contribution in [2.45, 2.75) is 44.5 Å². The molecule has 0 aromatic rings. The van der Waals surface area contributed by atoms with Gasteiger partial charge in [-0.3, -0.25) is 9.59 Å². The molecule has 1 aliphatic heterocycles. The minimum atomic E-state index is -1.46. The van der Waals surface area contributed by atoms with E-state index in [0.29, 0.717) is 0 Å². The molecule has 4 N–H and O–H groups in total. The summed E-state index contributed by atoms with van der Waals surface area (Å²) < 4.78 is 9.98. The highest BCUT2D eigenvalue weighted by Crippen LogP contribution is 2.22. The predicted molar refractivity (Wildman–Crippen MR) is 57.1 cm³/mol. The first-order chi connectivity index (χ1) is 8.36. The van der Waals surface area contributed by atoms with E-state index in [1.165, 1.54) is 6.92 Å². The molecule has 0 aromatic carbocycles. The zero-order valence-electron chi connectivity index (χ0n) is 10.1. The zero-order valence-corrected chi connectivity index (χ0v) is 10.1. The number of aliphatic hydroxyl groups is 3. The van der Waals surface area contributed by atoms with E-state index in [4.69, 9.17) is 14.6 Å². The van der Waals surface area contributed by atoms with E-state index < -0.39 is 49.1 Å². The van der Waals surface area contributed by atoms with Gasteiger partial charge in [-0.05, 0) is 0 Å².